The van der Waals surface area contributed by atoms with Crippen LogP contribution in [0, 0.1) is 0 Å². The van der Waals surface area contributed by atoms with Crippen molar-refractivity contribution in [1.82, 2.24) is 14.8 Å². The summed E-state index contributed by atoms with van der Waals surface area (Å²) in [5, 5.41) is 3.12. The number of nitrogens with zero attached hydrogens (tertiary/aromatic N) is 3. The van der Waals surface area contributed by atoms with Crippen molar-refractivity contribution in [3.8, 4) is 16.3 Å². The molecule has 0 radical (unpaired) electrons. The molecule has 2 aliphatic heterocycles. The van der Waals surface area contributed by atoms with Crippen molar-refractivity contribution < 1.29 is 9.53 Å². The van der Waals surface area contributed by atoms with Gasteiger partial charge in [0, 0.05) is 42.1 Å². The Morgan fingerprint density at radius 2 is 2.15 bits per heavy atom. The molecule has 0 saturated carbocycles. The summed E-state index contributed by atoms with van der Waals surface area (Å²) in [5.41, 5.74) is 2.12. The molecule has 0 spiro atoms. The van der Waals surface area contributed by atoms with Crippen molar-refractivity contribution in [2.45, 2.75) is 25.4 Å². The van der Waals surface area contributed by atoms with Gasteiger partial charge in [0.25, 0.3) is 0 Å². The first kappa shape index (κ1) is 18.8. The minimum absolute atomic E-state index is 0.0232. The van der Waals surface area contributed by atoms with Gasteiger partial charge in [0.1, 0.15) is 10.8 Å². The minimum Gasteiger partial charge on any atom is -0.497 e. The Bertz CT molecular complexity index is 789. The van der Waals surface area contributed by atoms with Crippen LogP contribution in [0.25, 0.3) is 10.6 Å². The average Bonchev–Trinajstić information content (AvgIpc) is 3.38. The normalized spacial score (nSPS) is 20.8. The van der Waals surface area contributed by atoms with Crippen LogP contribution in [-0.2, 0) is 11.3 Å². The number of hydrogen-bond acceptors (Lipinski definition) is 6. The average molecular weight is 404 g/mol. The van der Waals surface area contributed by atoms with Crippen LogP contribution < -0.4 is 4.74 Å². The Hall–Kier alpha value is -1.57. The molecular weight excluding hydrogens is 378 g/mol. The zero-order chi connectivity index (χ0) is 18.6. The number of carbonyl (C=O) groups excluding carboxylic acids is 1. The lowest BCUT2D eigenvalue weighted by Gasteiger charge is -2.32. The van der Waals surface area contributed by atoms with Crippen LogP contribution in [0.4, 0.5) is 0 Å². The summed E-state index contributed by atoms with van der Waals surface area (Å²) >= 11 is 3.59. The number of thioether (sulfide) groups is 1. The topological polar surface area (TPSA) is 45.7 Å². The van der Waals surface area contributed by atoms with Crippen molar-refractivity contribution >= 4 is 29.0 Å². The number of ether oxygens (including phenoxy) is 1. The lowest BCUT2D eigenvalue weighted by Crippen LogP contribution is -2.48. The summed E-state index contributed by atoms with van der Waals surface area (Å²) in [7, 11) is 1.68. The molecule has 27 heavy (non-hydrogen) atoms. The zero-order valence-corrected chi connectivity index (χ0v) is 17.2. The molecule has 1 amide bonds. The van der Waals surface area contributed by atoms with Crippen molar-refractivity contribution in [2.24, 2.45) is 0 Å². The van der Waals surface area contributed by atoms with Gasteiger partial charge in [-0.15, -0.1) is 11.3 Å². The molecule has 1 aromatic heterocycles. The van der Waals surface area contributed by atoms with Crippen LogP contribution >= 0.6 is 23.1 Å². The zero-order valence-electron chi connectivity index (χ0n) is 15.6. The Morgan fingerprint density at radius 3 is 2.96 bits per heavy atom. The van der Waals surface area contributed by atoms with E-state index in [1.54, 1.807) is 18.4 Å². The second-order valence-electron chi connectivity index (χ2n) is 6.94. The van der Waals surface area contributed by atoms with E-state index in [0.29, 0.717) is 5.91 Å². The first-order chi connectivity index (χ1) is 13.2. The van der Waals surface area contributed by atoms with Crippen LogP contribution in [0.1, 0.15) is 18.5 Å². The lowest BCUT2D eigenvalue weighted by molar-refractivity contribution is -0.135. The van der Waals surface area contributed by atoms with Crippen molar-refractivity contribution in [3.05, 3.63) is 35.3 Å². The van der Waals surface area contributed by atoms with Crippen LogP contribution in [0.3, 0.4) is 0 Å². The number of rotatable bonds is 5. The molecule has 2 aliphatic rings. The quantitative estimate of drug-likeness (QED) is 0.766. The monoisotopic (exact) mass is 403 g/mol. The van der Waals surface area contributed by atoms with Crippen LogP contribution in [0.15, 0.2) is 29.6 Å². The van der Waals surface area contributed by atoms with Gasteiger partial charge in [0.05, 0.1) is 18.8 Å². The van der Waals surface area contributed by atoms with E-state index in [2.05, 4.69) is 21.2 Å². The molecule has 0 bridgehead atoms. The highest BCUT2D eigenvalue weighted by atomic mass is 32.2. The number of thiazole rings is 1. The van der Waals surface area contributed by atoms with Crippen LogP contribution in [-0.4, -0.2) is 65.0 Å². The number of likely N-dealkylation sites (tertiary alicyclic amines) is 1. The third-order valence-electron chi connectivity index (χ3n) is 5.21. The highest BCUT2D eigenvalue weighted by Gasteiger charge is 2.34. The standard InChI is InChI=1S/C20H25N3O2S2/c1-25-17-5-2-4-15(12-17)19-21-16(14-27-19)13-23-7-3-6-18(23)20(24)22-8-10-26-11-9-22/h2,4-5,12,14,18H,3,6-11,13H2,1H3. The molecule has 2 aromatic rings. The van der Waals surface area contributed by atoms with Gasteiger partial charge in [0.15, 0.2) is 0 Å². The molecule has 1 atom stereocenters. The maximum Gasteiger partial charge on any atom is 0.239 e. The third kappa shape index (κ3) is 4.31. The summed E-state index contributed by atoms with van der Waals surface area (Å²) in [4.78, 5) is 22.1. The predicted molar refractivity (Wildman–Crippen MR) is 111 cm³/mol. The summed E-state index contributed by atoms with van der Waals surface area (Å²) in [6, 6.07) is 8.02. The molecule has 4 rings (SSSR count). The second-order valence-corrected chi connectivity index (χ2v) is 9.02. The fraction of sp³-hybridized carbons (Fsp3) is 0.500. The molecule has 0 aliphatic carbocycles. The van der Waals surface area contributed by atoms with Gasteiger partial charge < -0.3 is 9.64 Å². The van der Waals surface area contributed by atoms with Gasteiger partial charge >= 0.3 is 0 Å². The van der Waals surface area contributed by atoms with Gasteiger partial charge in [0.2, 0.25) is 5.91 Å². The molecule has 144 valence electrons. The molecule has 7 heteroatoms. The van der Waals surface area contributed by atoms with Gasteiger partial charge in [-0.05, 0) is 31.5 Å². The van der Waals surface area contributed by atoms with Crippen LogP contribution in [0.5, 0.6) is 5.75 Å². The van der Waals surface area contributed by atoms with Gasteiger partial charge in [-0.25, -0.2) is 4.98 Å². The summed E-state index contributed by atoms with van der Waals surface area (Å²) in [6.45, 7) is 3.51. The fourth-order valence-corrected chi connectivity index (χ4v) is 5.48. The van der Waals surface area contributed by atoms with Crippen molar-refractivity contribution in [3.63, 3.8) is 0 Å². The van der Waals surface area contributed by atoms with E-state index in [4.69, 9.17) is 9.72 Å². The number of hydrogen-bond donors (Lipinski definition) is 0. The molecule has 2 saturated heterocycles. The molecule has 1 aromatic carbocycles. The number of amides is 1. The summed E-state index contributed by atoms with van der Waals surface area (Å²) in [6.07, 6.45) is 2.06. The molecule has 1 unspecified atom stereocenters. The number of benzene rings is 1. The summed E-state index contributed by atoms with van der Waals surface area (Å²) < 4.78 is 5.31. The van der Waals surface area contributed by atoms with Gasteiger partial charge in [-0.3, -0.25) is 9.69 Å². The molecular formula is C20H25N3O2S2. The third-order valence-corrected chi connectivity index (χ3v) is 7.09. The number of aromatic nitrogens is 1. The van der Waals surface area contributed by atoms with E-state index in [1.807, 2.05) is 30.0 Å². The number of carbonyl (C=O) groups is 1. The Kier molecular flexibility index (Phi) is 6.00. The van der Waals surface area contributed by atoms with E-state index < -0.39 is 0 Å². The largest absolute Gasteiger partial charge is 0.497 e. The van der Waals surface area contributed by atoms with E-state index in [-0.39, 0.29) is 6.04 Å². The summed E-state index contributed by atoms with van der Waals surface area (Å²) in [5.74, 6) is 3.29. The van der Waals surface area contributed by atoms with E-state index in [1.165, 1.54) is 0 Å². The fourth-order valence-electron chi connectivity index (χ4n) is 3.77. The highest BCUT2D eigenvalue weighted by molar-refractivity contribution is 7.99. The Labute approximate surface area is 168 Å². The maximum absolute atomic E-state index is 12.9. The van der Waals surface area contributed by atoms with Crippen LogP contribution in [0.2, 0.25) is 0 Å². The predicted octanol–water partition coefficient (Wildman–Crippen LogP) is 3.36. The smallest absolute Gasteiger partial charge is 0.239 e. The first-order valence-corrected chi connectivity index (χ1v) is 11.5. The van der Waals surface area contributed by atoms with Gasteiger partial charge in [-0.2, -0.15) is 11.8 Å². The van der Waals surface area contributed by atoms with Crippen molar-refractivity contribution in [1.29, 1.82) is 0 Å². The highest BCUT2D eigenvalue weighted by Crippen LogP contribution is 2.29. The minimum atomic E-state index is 0.0232. The SMILES string of the molecule is COc1cccc(-c2nc(CN3CCCC3C(=O)N3CCSCC3)cs2)c1. The van der Waals surface area contributed by atoms with Crippen molar-refractivity contribution in [2.75, 3.05) is 38.2 Å². The molecule has 3 heterocycles. The van der Waals surface area contributed by atoms with E-state index in [9.17, 15) is 4.79 Å². The molecule has 2 fully saturated rings. The Morgan fingerprint density at radius 1 is 1.30 bits per heavy atom. The molecule has 5 nitrogen and oxygen atoms in total. The second kappa shape index (κ2) is 8.63. The number of methoxy groups -OCH3 is 1. The van der Waals surface area contributed by atoms with E-state index >= 15 is 0 Å². The Balaban J connectivity index is 1.44. The maximum atomic E-state index is 12.9. The first-order valence-electron chi connectivity index (χ1n) is 9.44. The van der Waals surface area contributed by atoms with Gasteiger partial charge in [-0.1, -0.05) is 12.1 Å². The lowest BCUT2D eigenvalue weighted by atomic mass is 10.2. The molecule has 0 N–H and O–H groups in total. The van der Waals surface area contributed by atoms with E-state index in [0.717, 1.165) is 72.5 Å².